The van der Waals surface area contributed by atoms with Gasteiger partial charge in [0.25, 0.3) is 0 Å². The molecule has 0 bridgehead atoms. The molecular formula is C13H24N2O2. The highest BCUT2D eigenvalue weighted by Gasteiger charge is 2.30. The van der Waals surface area contributed by atoms with Crippen LogP contribution in [-0.2, 0) is 4.74 Å². The van der Waals surface area contributed by atoms with Crippen LogP contribution in [0.25, 0.3) is 0 Å². The number of carbonyl (C=O) groups is 1. The molecule has 2 saturated carbocycles. The highest BCUT2D eigenvalue weighted by molar-refractivity contribution is 5.68. The van der Waals surface area contributed by atoms with Gasteiger partial charge in [0.15, 0.2) is 0 Å². The number of rotatable bonds is 2. The molecule has 0 radical (unpaired) electrons. The SMILES string of the molecule is NC1(NC(=O)OC2CCCCC2)CCCCC1. The monoisotopic (exact) mass is 240 g/mol. The van der Waals surface area contributed by atoms with Crippen LogP contribution in [0.15, 0.2) is 0 Å². The number of alkyl carbamates (subject to hydrolysis) is 1. The fraction of sp³-hybridized carbons (Fsp3) is 0.923. The first kappa shape index (κ1) is 12.7. The quantitative estimate of drug-likeness (QED) is 0.729. The van der Waals surface area contributed by atoms with Crippen molar-refractivity contribution < 1.29 is 9.53 Å². The molecule has 4 heteroatoms. The van der Waals surface area contributed by atoms with Crippen molar-refractivity contribution in [3.63, 3.8) is 0 Å². The summed E-state index contributed by atoms with van der Waals surface area (Å²) in [6.07, 6.45) is 10.6. The Morgan fingerprint density at radius 3 is 2.29 bits per heavy atom. The van der Waals surface area contributed by atoms with E-state index in [-0.39, 0.29) is 12.2 Å². The molecular weight excluding hydrogens is 216 g/mol. The standard InChI is InChI=1S/C13H24N2O2/c14-13(9-5-2-6-10-13)15-12(16)17-11-7-3-1-4-8-11/h11H,1-10,14H2,(H,15,16). The molecule has 2 aliphatic rings. The van der Waals surface area contributed by atoms with E-state index in [9.17, 15) is 4.79 Å². The van der Waals surface area contributed by atoms with Crippen LogP contribution in [0.3, 0.4) is 0 Å². The second-order valence-electron chi connectivity index (χ2n) is 5.51. The van der Waals surface area contributed by atoms with Crippen molar-refractivity contribution in [2.75, 3.05) is 0 Å². The summed E-state index contributed by atoms with van der Waals surface area (Å²) in [5.41, 5.74) is 5.63. The Labute approximate surface area is 103 Å². The van der Waals surface area contributed by atoms with E-state index in [0.717, 1.165) is 38.5 Å². The van der Waals surface area contributed by atoms with Crippen molar-refractivity contribution in [2.45, 2.75) is 76.0 Å². The van der Waals surface area contributed by atoms with Crippen molar-refractivity contribution in [2.24, 2.45) is 5.73 Å². The fourth-order valence-electron chi connectivity index (χ4n) is 2.87. The summed E-state index contributed by atoms with van der Waals surface area (Å²) < 4.78 is 5.43. The molecule has 0 aromatic carbocycles. The van der Waals surface area contributed by atoms with E-state index in [0.29, 0.717) is 0 Å². The number of nitrogens with one attached hydrogen (secondary N) is 1. The first-order chi connectivity index (χ1) is 8.18. The zero-order valence-corrected chi connectivity index (χ0v) is 10.5. The van der Waals surface area contributed by atoms with Gasteiger partial charge in [-0.1, -0.05) is 12.8 Å². The van der Waals surface area contributed by atoms with Crippen molar-refractivity contribution in [3.05, 3.63) is 0 Å². The predicted octanol–water partition coefficient (Wildman–Crippen LogP) is 2.66. The summed E-state index contributed by atoms with van der Waals surface area (Å²) in [5, 5.41) is 2.86. The van der Waals surface area contributed by atoms with Gasteiger partial charge in [-0.2, -0.15) is 0 Å². The fourth-order valence-corrected chi connectivity index (χ4v) is 2.87. The van der Waals surface area contributed by atoms with E-state index >= 15 is 0 Å². The second kappa shape index (κ2) is 5.71. The van der Waals surface area contributed by atoms with Crippen molar-refractivity contribution >= 4 is 6.09 Å². The van der Waals surface area contributed by atoms with Crippen LogP contribution in [0.4, 0.5) is 4.79 Å². The first-order valence-corrected chi connectivity index (χ1v) is 6.96. The highest BCUT2D eigenvalue weighted by atomic mass is 16.6. The number of amides is 1. The van der Waals surface area contributed by atoms with Gasteiger partial charge in [-0.15, -0.1) is 0 Å². The molecule has 0 aromatic rings. The third-order valence-corrected chi connectivity index (χ3v) is 3.92. The second-order valence-corrected chi connectivity index (χ2v) is 5.51. The lowest BCUT2D eigenvalue weighted by Gasteiger charge is -2.34. The van der Waals surface area contributed by atoms with Gasteiger partial charge in [0.2, 0.25) is 0 Å². The molecule has 2 fully saturated rings. The van der Waals surface area contributed by atoms with Gasteiger partial charge in [-0.05, 0) is 51.4 Å². The van der Waals surface area contributed by atoms with Crippen molar-refractivity contribution in [1.29, 1.82) is 0 Å². The summed E-state index contributed by atoms with van der Waals surface area (Å²) in [7, 11) is 0. The van der Waals surface area contributed by atoms with Crippen LogP contribution in [0.2, 0.25) is 0 Å². The zero-order chi connectivity index (χ0) is 12.1. The first-order valence-electron chi connectivity index (χ1n) is 6.96. The average Bonchev–Trinajstić information content (AvgIpc) is 2.30. The van der Waals surface area contributed by atoms with Crippen LogP contribution in [0.1, 0.15) is 64.2 Å². The van der Waals surface area contributed by atoms with E-state index < -0.39 is 5.66 Å². The van der Waals surface area contributed by atoms with Gasteiger partial charge in [0.05, 0.1) is 5.66 Å². The molecule has 0 heterocycles. The Kier molecular flexibility index (Phi) is 4.26. The average molecular weight is 240 g/mol. The van der Waals surface area contributed by atoms with E-state index in [1.165, 1.54) is 25.7 Å². The Bertz CT molecular complexity index is 256. The Hall–Kier alpha value is -0.770. The molecule has 2 aliphatic carbocycles. The number of nitrogens with two attached hydrogens (primary N) is 1. The zero-order valence-electron chi connectivity index (χ0n) is 10.5. The molecule has 0 unspecified atom stereocenters. The van der Waals surface area contributed by atoms with Crippen LogP contribution >= 0.6 is 0 Å². The van der Waals surface area contributed by atoms with Crippen molar-refractivity contribution in [3.8, 4) is 0 Å². The van der Waals surface area contributed by atoms with E-state index in [1.54, 1.807) is 0 Å². The minimum Gasteiger partial charge on any atom is -0.446 e. The summed E-state index contributed by atoms with van der Waals surface area (Å²) in [4.78, 5) is 11.8. The number of hydrogen-bond donors (Lipinski definition) is 2. The van der Waals surface area contributed by atoms with Gasteiger partial charge in [0.1, 0.15) is 6.10 Å². The largest absolute Gasteiger partial charge is 0.446 e. The lowest BCUT2D eigenvalue weighted by Crippen LogP contribution is -2.57. The molecule has 1 amide bonds. The van der Waals surface area contributed by atoms with Crippen molar-refractivity contribution in [1.82, 2.24) is 5.32 Å². The molecule has 17 heavy (non-hydrogen) atoms. The number of ether oxygens (including phenoxy) is 1. The van der Waals surface area contributed by atoms with Gasteiger partial charge < -0.3 is 15.8 Å². The lowest BCUT2D eigenvalue weighted by molar-refractivity contribution is 0.0641. The van der Waals surface area contributed by atoms with E-state index in [4.69, 9.17) is 10.5 Å². The maximum absolute atomic E-state index is 11.8. The maximum Gasteiger partial charge on any atom is 0.408 e. The summed E-state index contributed by atoms with van der Waals surface area (Å²) in [6, 6.07) is 0. The molecule has 2 rings (SSSR count). The molecule has 0 aliphatic heterocycles. The Morgan fingerprint density at radius 1 is 1.06 bits per heavy atom. The van der Waals surface area contributed by atoms with Gasteiger partial charge >= 0.3 is 6.09 Å². The topological polar surface area (TPSA) is 64.3 Å². The summed E-state index contributed by atoms with van der Waals surface area (Å²) in [5.74, 6) is 0. The summed E-state index contributed by atoms with van der Waals surface area (Å²) >= 11 is 0. The maximum atomic E-state index is 11.8. The molecule has 0 atom stereocenters. The van der Waals surface area contributed by atoms with E-state index in [1.807, 2.05) is 0 Å². The number of hydrogen-bond acceptors (Lipinski definition) is 3. The smallest absolute Gasteiger partial charge is 0.408 e. The van der Waals surface area contributed by atoms with Gasteiger partial charge in [-0.25, -0.2) is 4.79 Å². The number of carbonyl (C=O) groups excluding carboxylic acids is 1. The molecule has 98 valence electrons. The van der Waals surface area contributed by atoms with Crippen LogP contribution in [0.5, 0.6) is 0 Å². The normalized spacial score (nSPS) is 25.2. The minimum atomic E-state index is -0.524. The van der Waals surface area contributed by atoms with Gasteiger partial charge in [0, 0.05) is 0 Å². The van der Waals surface area contributed by atoms with Gasteiger partial charge in [-0.3, -0.25) is 0 Å². The van der Waals surface area contributed by atoms with Crippen LogP contribution in [0, 0.1) is 0 Å². The third-order valence-electron chi connectivity index (χ3n) is 3.92. The van der Waals surface area contributed by atoms with Crippen LogP contribution in [-0.4, -0.2) is 17.9 Å². The lowest BCUT2D eigenvalue weighted by atomic mass is 9.90. The summed E-state index contributed by atoms with van der Waals surface area (Å²) in [6.45, 7) is 0. The predicted molar refractivity (Wildman–Crippen MR) is 66.5 cm³/mol. The molecule has 0 aromatic heterocycles. The molecule has 4 nitrogen and oxygen atoms in total. The third kappa shape index (κ3) is 3.87. The highest BCUT2D eigenvalue weighted by Crippen LogP contribution is 2.24. The Balaban J connectivity index is 1.75. The van der Waals surface area contributed by atoms with Crippen LogP contribution < -0.4 is 11.1 Å². The minimum absolute atomic E-state index is 0.107. The van der Waals surface area contributed by atoms with E-state index in [2.05, 4.69) is 5.32 Å². The Morgan fingerprint density at radius 2 is 1.65 bits per heavy atom. The molecule has 3 N–H and O–H groups in total. The molecule has 0 saturated heterocycles. The molecule has 0 spiro atoms.